The van der Waals surface area contributed by atoms with Crippen LogP contribution in [0.1, 0.15) is 16.7 Å². The maximum Gasteiger partial charge on any atom is 0.277 e. The Bertz CT molecular complexity index is 1170. The van der Waals surface area contributed by atoms with Crippen molar-refractivity contribution in [2.24, 2.45) is 0 Å². The summed E-state index contributed by atoms with van der Waals surface area (Å²) in [6.45, 7) is 0.0764. The summed E-state index contributed by atoms with van der Waals surface area (Å²) in [5.74, 6) is 0.206. The molecule has 4 aromatic rings. The van der Waals surface area contributed by atoms with Gasteiger partial charge in [0.15, 0.2) is 6.61 Å². The molecule has 0 saturated carbocycles. The Morgan fingerprint density at radius 2 is 1.75 bits per heavy atom. The van der Waals surface area contributed by atoms with E-state index in [-0.39, 0.29) is 29.4 Å². The fraction of sp³-hybridized carbons (Fsp3) is 0.0870. The van der Waals surface area contributed by atoms with Gasteiger partial charge in [-0.2, -0.15) is 0 Å². The summed E-state index contributed by atoms with van der Waals surface area (Å²) in [5.41, 5.74) is 1.25. The molecule has 3 aromatic carbocycles. The highest BCUT2D eigenvalue weighted by atomic mass is 35.5. The molecule has 1 heterocycles. The predicted octanol–water partition coefficient (Wildman–Crippen LogP) is 5.91. The lowest BCUT2D eigenvalue weighted by atomic mass is 10.1. The number of ether oxygens (including phenoxy) is 1. The molecule has 0 spiro atoms. The molecule has 0 aliphatic carbocycles. The van der Waals surface area contributed by atoms with E-state index in [1.165, 1.54) is 24.3 Å². The van der Waals surface area contributed by atoms with Gasteiger partial charge in [-0.1, -0.05) is 41.9 Å². The van der Waals surface area contributed by atoms with Crippen LogP contribution in [0.4, 0.5) is 10.1 Å². The Labute approximate surface area is 192 Å². The molecule has 0 bridgehead atoms. The Morgan fingerprint density at radius 1 is 1.03 bits per heavy atom. The molecular weight excluding hydrogens is 453 g/mol. The highest BCUT2D eigenvalue weighted by Gasteiger charge is 2.25. The SMILES string of the molecule is O=C(Nc1ccc(F)cc1)C(Sc1nnc(COc2ccc(Cl)cc2)o1)c1ccccc1. The number of aromatic nitrogens is 2. The summed E-state index contributed by atoms with van der Waals surface area (Å²) < 4.78 is 24.4. The number of amides is 1. The maximum absolute atomic E-state index is 13.2. The number of hydrogen-bond donors (Lipinski definition) is 1. The number of benzene rings is 3. The second kappa shape index (κ2) is 10.3. The van der Waals surface area contributed by atoms with Gasteiger partial charge < -0.3 is 14.5 Å². The third-order valence-corrected chi connectivity index (χ3v) is 5.64. The van der Waals surface area contributed by atoms with Gasteiger partial charge in [-0.3, -0.25) is 4.79 Å². The van der Waals surface area contributed by atoms with Crippen molar-refractivity contribution in [3.05, 3.63) is 101 Å². The Kier molecular flexibility index (Phi) is 7.03. The number of thioether (sulfide) groups is 1. The maximum atomic E-state index is 13.2. The van der Waals surface area contributed by atoms with Crippen LogP contribution in [0.3, 0.4) is 0 Å². The standard InChI is InChI=1S/C23H17ClFN3O3S/c24-16-6-12-19(13-7-16)30-14-20-27-28-23(31-20)32-21(15-4-2-1-3-5-15)22(29)26-18-10-8-17(25)9-11-18/h1-13,21H,14H2,(H,26,29). The molecule has 0 fully saturated rings. The van der Waals surface area contributed by atoms with E-state index in [1.54, 1.807) is 24.3 Å². The van der Waals surface area contributed by atoms with Gasteiger partial charge in [0.2, 0.25) is 5.91 Å². The third kappa shape index (κ3) is 5.87. The minimum atomic E-state index is -0.660. The van der Waals surface area contributed by atoms with Gasteiger partial charge in [0.05, 0.1) is 0 Å². The summed E-state index contributed by atoms with van der Waals surface area (Å²) in [6, 6.07) is 21.7. The van der Waals surface area contributed by atoms with Crippen molar-refractivity contribution < 1.29 is 18.3 Å². The van der Waals surface area contributed by atoms with E-state index in [0.29, 0.717) is 16.5 Å². The smallest absolute Gasteiger partial charge is 0.277 e. The number of anilines is 1. The molecule has 9 heteroatoms. The van der Waals surface area contributed by atoms with Crippen LogP contribution in [-0.4, -0.2) is 16.1 Å². The van der Waals surface area contributed by atoms with E-state index in [2.05, 4.69) is 15.5 Å². The minimum absolute atomic E-state index is 0.0764. The van der Waals surface area contributed by atoms with E-state index in [1.807, 2.05) is 30.3 Å². The molecule has 32 heavy (non-hydrogen) atoms. The molecule has 0 aliphatic heterocycles. The summed E-state index contributed by atoms with van der Waals surface area (Å²) in [6.07, 6.45) is 0. The quantitative estimate of drug-likeness (QED) is 0.323. The predicted molar refractivity (Wildman–Crippen MR) is 120 cm³/mol. The van der Waals surface area contributed by atoms with Crippen molar-refractivity contribution in [2.45, 2.75) is 17.1 Å². The Morgan fingerprint density at radius 3 is 2.47 bits per heavy atom. The minimum Gasteiger partial charge on any atom is -0.484 e. The average Bonchev–Trinajstić information content (AvgIpc) is 3.27. The molecule has 0 aliphatic rings. The molecule has 1 aromatic heterocycles. The lowest BCUT2D eigenvalue weighted by molar-refractivity contribution is -0.115. The molecule has 162 valence electrons. The Balaban J connectivity index is 1.45. The lowest BCUT2D eigenvalue weighted by Crippen LogP contribution is -2.19. The van der Waals surface area contributed by atoms with Gasteiger partial charge in [-0.15, -0.1) is 10.2 Å². The molecule has 1 N–H and O–H groups in total. The summed E-state index contributed by atoms with van der Waals surface area (Å²) in [5, 5.41) is 11.0. The van der Waals surface area contributed by atoms with Crippen molar-refractivity contribution in [1.29, 1.82) is 0 Å². The number of hydrogen-bond acceptors (Lipinski definition) is 6. The fourth-order valence-corrected chi connectivity index (χ4v) is 3.78. The van der Waals surface area contributed by atoms with Crippen molar-refractivity contribution in [1.82, 2.24) is 10.2 Å². The van der Waals surface area contributed by atoms with Gasteiger partial charge >= 0.3 is 0 Å². The summed E-state index contributed by atoms with van der Waals surface area (Å²) in [4.78, 5) is 13.0. The first-order valence-electron chi connectivity index (χ1n) is 9.55. The van der Waals surface area contributed by atoms with Gasteiger partial charge in [0, 0.05) is 10.7 Å². The number of rotatable bonds is 8. The van der Waals surface area contributed by atoms with Crippen LogP contribution in [0.2, 0.25) is 5.02 Å². The van der Waals surface area contributed by atoms with Crippen LogP contribution in [-0.2, 0) is 11.4 Å². The second-order valence-electron chi connectivity index (χ2n) is 6.61. The normalized spacial score (nSPS) is 11.7. The largest absolute Gasteiger partial charge is 0.484 e. The summed E-state index contributed by atoms with van der Waals surface area (Å²) >= 11 is 6.98. The van der Waals surface area contributed by atoms with Gasteiger partial charge in [0.1, 0.15) is 16.8 Å². The molecule has 1 unspecified atom stereocenters. The molecule has 1 amide bonds. The first kappa shape index (κ1) is 21.9. The van der Waals surface area contributed by atoms with Crippen molar-refractivity contribution >= 4 is 35.0 Å². The molecule has 4 rings (SSSR count). The van der Waals surface area contributed by atoms with E-state index < -0.39 is 5.25 Å². The van der Waals surface area contributed by atoms with E-state index >= 15 is 0 Å². The van der Waals surface area contributed by atoms with E-state index in [0.717, 1.165) is 17.3 Å². The number of halogens is 2. The van der Waals surface area contributed by atoms with Crippen molar-refractivity contribution in [3.63, 3.8) is 0 Å². The highest BCUT2D eigenvalue weighted by Crippen LogP contribution is 2.35. The zero-order chi connectivity index (χ0) is 22.3. The monoisotopic (exact) mass is 469 g/mol. The van der Waals surface area contributed by atoms with Crippen LogP contribution >= 0.6 is 23.4 Å². The van der Waals surface area contributed by atoms with Crippen LogP contribution in [0.15, 0.2) is 88.5 Å². The average molecular weight is 470 g/mol. The molecular formula is C23H17ClFN3O3S. The number of nitrogens with one attached hydrogen (secondary N) is 1. The zero-order valence-electron chi connectivity index (χ0n) is 16.6. The first-order chi connectivity index (χ1) is 15.6. The van der Waals surface area contributed by atoms with E-state index in [9.17, 15) is 9.18 Å². The topological polar surface area (TPSA) is 77.2 Å². The third-order valence-electron chi connectivity index (χ3n) is 4.30. The summed E-state index contributed by atoms with van der Waals surface area (Å²) in [7, 11) is 0. The molecule has 6 nitrogen and oxygen atoms in total. The lowest BCUT2D eigenvalue weighted by Gasteiger charge is -2.15. The fourth-order valence-electron chi connectivity index (χ4n) is 2.76. The van der Waals surface area contributed by atoms with Crippen LogP contribution < -0.4 is 10.1 Å². The van der Waals surface area contributed by atoms with Crippen LogP contribution in [0, 0.1) is 5.82 Å². The van der Waals surface area contributed by atoms with E-state index in [4.69, 9.17) is 20.8 Å². The Hall–Kier alpha value is -3.36. The van der Waals surface area contributed by atoms with Crippen LogP contribution in [0.5, 0.6) is 5.75 Å². The van der Waals surface area contributed by atoms with Crippen LogP contribution in [0.25, 0.3) is 0 Å². The molecule has 0 saturated heterocycles. The molecule has 1 atom stereocenters. The highest BCUT2D eigenvalue weighted by molar-refractivity contribution is 8.00. The number of nitrogens with zero attached hydrogens (tertiary/aromatic N) is 2. The van der Waals surface area contributed by atoms with Gasteiger partial charge in [-0.05, 0) is 65.9 Å². The van der Waals surface area contributed by atoms with Crippen molar-refractivity contribution in [3.8, 4) is 5.75 Å². The number of carbonyl (C=O) groups excluding carboxylic acids is 1. The van der Waals surface area contributed by atoms with Crippen molar-refractivity contribution in [2.75, 3.05) is 5.32 Å². The number of carbonyl (C=O) groups is 1. The first-order valence-corrected chi connectivity index (χ1v) is 10.8. The zero-order valence-corrected chi connectivity index (χ0v) is 18.1. The second-order valence-corrected chi connectivity index (χ2v) is 8.10. The van der Waals surface area contributed by atoms with Gasteiger partial charge in [0.25, 0.3) is 11.1 Å². The molecule has 0 radical (unpaired) electrons. The van der Waals surface area contributed by atoms with Gasteiger partial charge in [-0.25, -0.2) is 4.39 Å².